The van der Waals surface area contributed by atoms with E-state index in [0.717, 1.165) is 37.4 Å². The van der Waals surface area contributed by atoms with Crippen molar-refractivity contribution in [3.8, 4) is 0 Å². The van der Waals surface area contributed by atoms with E-state index in [9.17, 15) is 4.79 Å². The first-order valence-corrected chi connectivity index (χ1v) is 6.25. The molecule has 6 nitrogen and oxygen atoms in total. The summed E-state index contributed by atoms with van der Waals surface area (Å²) in [6.45, 7) is 2.13. The van der Waals surface area contributed by atoms with E-state index in [1.54, 1.807) is 0 Å². The van der Waals surface area contributed by atoms with Gasteiger partial charge in [-0.2, -0.15) is 5.21 Å². The van der Waals surface area contributed by atoms with E-state index >= 15 is 0 Å². The van der Waals surface area contributed by atoms with Crippen molar-refractivity contribution in [2.45, 2.75) is 49.4 Å². The number of thioether (sulfide) groups is 1. The molecule has 0 saturated heterocycles. The minimum Gasteiger partial charge on any atom is -0.480 e. The fraction of sp³-hybridized carbons (Fsp3) is 0.778. The number of hydrogen-bond acceptors (Lipinski definition) is 5. The van der Waals surface area contributed by atoms with Gasteiger partial charge >= 0.3 is 5.97 Å². The summed E-state index contributed by atoms with van der Waals surface area (Å²) in [5.41, 5.74) is 0. The van der Waals surface area contributed by atoms with Gasteiger partial charge in [-0.25, -0.2) is 0 Å². The van der Waals surface area contributed by atoms with Crippen molar-refractivity contribution >= 4 is 17.7 Å². The molecule has 0 fully saturated rings. The zero-order valence-corrected chi connectivity index (χ0v) is 10.0. The summed E-state index contributed by atoms with van der Waals surface area (Å²) in [4.78, 5) is 11.0. The molecule has 1 heterocycles. The highest BCUT2D eigenvalue weighted by Gasteiger charge is 2.20. The second-order valence-electron chi connectivity index (χ2n) is 3.49. The number of H-pyrrole nitrogens is 1. The maximum absolute atomic E-state index is 11.0. The molecule has 7 heteroatoms. The number of aliphatic carboxylic acids is 1. The van der Waals surface area contributed by atoms with Crippen molar-refractivity contribution in [3.63, 3.8) is 0 Å². The lowest BCUT2D eigenvalue weighted by Crippen LogP contribution is -2.16. The molecule has 0 amide bonds. The summed E-state index contributed by atoms with van der Waals surface area (Å²) in [6, 6.07) is 0. The van der Waals surface area contributed by atoms with Gasteiger partial charge in [0, 0.05) is 0 Å². The Morgan fingerprint density at radius 2 is 2.31 bits per heavy atom. The van der Waals surface area contributed by atoms with E-state index in [-0.39, 0.29) is 0 Å². The molecular weight excluding hydrogens is 228 g/mol. The van der Waals surface area contributed by atoms with Crippen LogP contribution in [0.1, 0.15) is 39.0 Å². The Kier molecular flexibility index (Phi) is 5.84. The SMILES string of the molecule is CCCCCCC(Sc1nn[nH]n1)C(=O)O. The summed E-state index contributed by atoms with van der Waals surface area (Å²) in [5, 5.41) is 22.1. The molecule has 0 bridgehead atoms. The van der Waals surface area contributed by atoms with E-state index in [2.05, 4.69) is 27.5 Å². The van der Waals surface area contributed by atoms with Crippen LogP contribution in [-0.2, 0) is 4.79 Å². The van der Waals surface area contributed by atoms with E-state index in [4.69, 9.17) is 5.11 Å². The summed E-state index contributed by atoms with van der Waals surface area (Å²) in [5.74, 6) is -0.814. The maximum Gasteiger partial charge on any atom is 0.317 e. The number of aromatic amines is 1. The molecule has 0 aliphatic rings. The third-order valence-corrected chi connectivity index (χ3v) is 3.27. The number of rotatable bonds is 8. The quantitative estimate of drug-likeness (QED) is 0.534. The van der Waals surface area contributed by atoms with Crippen LogP contribution in [0, 0.1) is 0 Å². The van der Waals surface area contributed by atoms with E-state index in [1.165, 1.54) is 0 Å². The van der Waals surface area contributed by atoms with Gasteiger partial charge in [-0.05, 0) is 11.6 Å². The van der Waals surface area contributed by atoms with Gasteiger partial charge in [0.25, 0.3) is 0 Å². The highest BCUT2D eigenvalue weighted by Crippen LogP contribution is 2.23. The van der Waals surface area contributed by atoms with Crippen LogP contribution in [0.25, 0.3) is 0 Å². The zero-order chi connectivity index (χ0) is 11.8. The van der Waals surface area contributed by atoms with Crippen LogP contribution in [0.4, 0.5) is 0 Å². The Morgan fingerprint density at radius 3 is 2.88 bits per heavy atom. The Labute approximate surface area is 98.2 Å². The topological polar surface area (TPSA) is 91.8 Å². The lowest BCUT2D eigenvalue weighted by molar-refractivity contribution is -0.136. The average molecular weight is 244 g/mol. The van der Waals surface area contributed by atoms with Crippen LogP contribution in [-0.4, -0.2) is 36.9 Å². The predicted octanol–water partition coefficient (Wildman–Crippen LogP) is 1.72. The Balaban J connectivity index is 2.33. The number of hydrogen-bond donors (Lipinski definition) is 2. The first kappa shape index (κ1) is 13.0. The van der Waals surface area contributed by atoms with Crippen molar-refractivity contribution in [1.82, 2.24) is 20.6 Å². The number of carbonyl (C=O) groups is 1. The first-order chi connectivity index (χ1) is 7.74. The molecule has 0 radical (unpaired) electrons. The lowest BCUT2D eigenvalue weighted by atomic mass is 10.1. The molecule has 1 rings (SSSR count). The van der Waals surface area contributed by atoms with Crippen LogP contribution < -0.4 is 0 Å². The molecule has 0 saturated carbocycles. The molecule has 1 atom stereocenters. The zero-order valence-electron chi connectivity index (χ0n) is 9.22. The third-order valence-electron chi connectivity index (χ3n) is 2.17. The number of carboxylic acids is 1. The van der Waals surface area contributed by atoms with Crippen molar-refractivity contribution in [2.75, 3.05) is 0 Å². The smallest absolute Gasteiger partial charge is 0.317 e. The Hall–Kier alpha value is -1.11. The molecule has 1 unspecified atom stereocenters. The minimum absolute atomic E-state index is 0.392. The standard InChI is InChI=1S/C9H16N4O2S/c1-2-3-4-5-6-7(8(14)15)16-9-10-12-13-11-9/h7H,2-6H2,1H3,(H,14,15)(H,10,11,12,13). The number of aromatic nitrogens is 4. The second-order valence-corrected chi connectivity index (χ2v) is 4.66. The van der Waals surface area contributed by atoms with E-state index < -0.39 is 11.2 Å². The van der Waals surface area contributed by atoms with Gasteiger partial charge in [0.05, 0.1) is 0 Å². The summed E-state index contributed by atoms with van der Waals surface area (Å²) in [6.07, 6.45) is 4.95. The van der Waals surface area contributed by atoms with Crippen LogP contribution in [0.5, 0.6) is 0 Å². The highest BCUT2D eigenvalue weighted by molar-refractivity contribution is 8.00. The average Bonchev–Trinajstić information content (AvgIpc) is 2.75. The van der Waals surface area contributed by atoms with Crippen molar-refractivity contribution in [3.05, 3.63) is 0 Å². The maximum atomic E-state index is 11.0. The number of carboxylic acid groups (broad SMARTS) is 1. The van der Waals surface area contributed by atoms with Gasteiger partial charge in [-0.1, -0.05) is 44.4 Å². The Bertz CT molecular complexity index is 304. The molecule has 90 valence electrons. The van der Waals surface area contributed by atoms with Gasteiger partial charge in [0.1, 0.15) is 5.25 Å². The third kappa shape index (κ3) is 4.61. The lowest BCUT2D eigenvalue weighted by Gasteiger charge is -2.08. The van der Waals surface area contributed by atoms with E-state index in [0.29, 0.717) is 11.6 Å². The summed E-state index contributed by atoms with van der Waals surface area (Å²) in [7, 11) is 0. The monoisotopic (exact) mass is 244 g/mol. The molecule has 0 aliphatic carbocycles. The molecule has 1 aromatic rings. The molecular formula is C9H16N4O2S. The van der Waals surface area contributed by atoms with Crippen LogP contribution in [0.2, 0.25) is 0 Å². The second kappa shape index (κ2) is 7.21. The molecule has 16 heavy (non-hydrogen) atoms. The summed E-state index contributed by atoms with van der Waals surface area (Å²) < 4.78 is 0. The highest BCUT2D eigenvalue weighted by atomic mass is 32.2. The molecule has 0 aliphatic heterocycles. The fourth-order valence-electron chi connectivity index (χ4n) is 1.32. The minimum atomic E-state index is -0.814. The van der Waals surface area contributed by atoms with Gasteiger partial charge in [-0.3, -0.25) is 4.79 Å². The normalized spacial score (nSPS) is 12.6. The van der Waals surface area contributed by atoms with Crippen LogP contribution in [0.3, 0.4) is 0 Å². The van der Waals surface area contributed by atoms with Crippen molar-refractivity contribution in [1.29, 1.82) is 0 Å². The van der Waals surface area contributed by atoms with Gasteiger partial charge in [-0.15, -0.1) is 10.2 Å². The number of tetrazole rings is 1. The number of nitrogens with one attached hydrogen (secondary N) is 1. The van der Waals surface area contributed by atoms with Crippen LogP contribution in [0.15, 0.2) is 5.16 Å². The molecule has 0 aromatic carbocycles. The first-order valence-electron chi connectivity index (χ1n) is 5.37. The summed E-state index contributed by atoms with van der Waals surface area (Å²) >= 11 is 1.15. The molecule has 0 spiro atoms. The fourth-order valence-corrected chi connectivity index (χ4v) is 2.14. The predicted molar refractivity (Wildman–Crippen MR) is 60.2 cm³/mol. The largest absolute Gasteiger partial charge is 0.480 e. The Morgan fingerprint density at radius 1 is 1.50 bits per heavy atom. The van der Waals surface area contributed by atoms with Crippen LogP contribution >= 0.6 is 11.8 Å². The molecule has 2 N–H and O–H groups in total. The number of unbranched alkanes of at least 4 members (excludes halogenated alkanes) is 3. The van der Waals surface area contributed by atoms with Gasteiger partial charge in [0.15, 0.2) is 0 Å². The van der Waals surface area contributed by atoms with Crippen molar-refractivity contribution in [2.24, 2.45) is 0 Å². The van der Waals surface area contributed by atoms with E-state index in [1.807, 2.05) is 0 Å². The van der Waals surface area contributed by atoms with Gasteiger partial charge < -0.3 is 5.11 Å². The van der Waals surface area contributed by atoms with Crippen molar-refractivity contribution < 1.29 is 9.90 Å². The van der Waals surface area contributed by atoms with Gasteiger partial charge in [0.2, 0.25) is 5.16 Å². The number of nitrogens with zero attached hydrogens (tertiary/aromatic N) is 3. The molecule has 1 aromatic heterocycles.